The first-order chi connectivity index (χ1) is 14.2. The van der Waals surface area contributed by atoms with E-state index < -0.39 is 0 Å². The van der Waals surface area contributed by atoms with Crippen molar-refractivity contribution in [3.05, 3.63) is 41.9 Å². The van der Waals surface area contributed by atoms with Gasteiger partial charge in [-0.05, 0) is 37.7 Å². The van der Waals surface area contributed by atoms with Crippen molar-refractivity contribution < 1.29 is 10.2 Å². The lowest BCUT2D eigenvalue weighted by Gasteiger charge is -2.24. The molecule has 0 atom stereocenters. The summed E-state index contributed by atoms with van der Waals surface area (Å²) in [5.74, 6) is 1.83. The Morgan fingerprint density at radius 1 is 1.14 bits per heavy atom. The third-order valence-electron chi connectivity index (χ3n) is 5.70. The first kappa shape index (κ1) is 19.8. The van der Waals surface area contributed by atoms with Gasteiger partial charge in [0.05, 0.1) is 24.6 Å². The minimum absolute atomic E-state index is 0.0236. The van der Waals surface area contributed by atoms with E-state index in [1.54, 1.807) is 0 Å². The summed E-state index contributed by atoms with van der Waals surface area (Å²) in [5, 5.41) is 27.3. The lowest BCUT2D eigenvalue weighted by Crippen LogP contribution is -2.19. The molecule has 0 bridgehead atoms. The molecule has 154 valence electrons. The molecule has 1 saturated carbocycles. The number of imidazole rings is 1. The minimum atomic E-state index is -0.205. The molecule has 0 unspecified atom stereocenters. The average Bonchev–Trinajstić information content (AvgIpc) is 3.13. The zero-order valence-electron chi connectivity index (χ0n) is 16.9. The van der Waals surface area contributed by atoms with Crippen molar-refractivity contribution in [2.45, 2.75) is 64.1 Å². The number of hydrogen-bond donors (Lipinski definition) is 3. The maximum atomic E-state index is 9.90. The number of rotatable bonds is 7. The Morgan fingerprint density at radius 3 is 2.59 bits per heavy atom. The number of aromatic nitrogens is 4. The highest BCUT2D eigenvalue weighted by Crippen LogP contribution is 2.35. The van der Waals surface area contributed by atoms with Gasteiger partial charge in [-0.15, -0.1) is 5.10 Å². The lowest BCUT2D eigenvalue weighted by atomic mass is 9.87. The van der Waals surface area contributed by atoms with E-state index in [0.29, 0.717) is 5.95 Å². The normalized spacial score (nSPS) is 19.6. The fourth-order valence-corrected chi connectivity index (χ4v) is 3.94. The van der Waals surface area contributed by atoms with Gasteiger partial charge in [0.25, 0.3) is 0 Å². The van der Waals surface area contributed by atoms with Gasteiger partial charge >= 0.3 is 0 Å². The van der Waals surface area contributed by atoms with Crippen molar-refractivity contribution in [1.82, 2.24) is 19.6 Å². The molecule has 0 saturated heterocycles. The smallest absolute Gasteiger partial charge is 0.241 e. The predicted octanol–water partition coefficient (Wildman–Crippen LogP) is 3.51. The molecule has 7 heteroatoms. The van der Waals surface area contributed by atoms with Crippen molar-refractivity contribution in [2.24, 2.45) is 0 Å². The van der Waals surface area contributed by atoms with E-state index in [1.165, 1.54) is 0 Å². The number of unbranched alkanes of at least 4 members (excludes halogenated alkanes) is 1. The summed E-state index contributed by atoms with van der Waals surface area (Å²) in [6, 6.07) is 7.79. The van der Waals surface area contributed by atoms with Gasteiger partial charge in [0.2, 0.25) is 5.95 Å². The molecule has 29 heavy (non-hydrogen) atoms. The second-order valence-electron chi connectivity index (χ2n) is 7.84. The van der Waals surface area contributed by atoms with Gasteiger partial charge in [0.15, 0.2) is 0 Å². The third-order valence-corrected chi connectivity index (χ3v) is 5.70. The van der Waals surface area contributed by atoms with Crippen LogP contribution in [0.15, 0.2) is 30.5 Å². The second kappa shape index (κ2) is 8.88. The molecule has 1 aromatic carbocycles. The van der Waals surface area contributed by atoms with Crippen molar-refractivity contribution in [3.8, 4) is 11.3 Å². The molecule has 1 fully saturated rings. The van der Waals surface area contributed by atoms with Gasteiger partial charge in [-0.2, -0.15) is 0 Å². The van der Waals surface area contributed by atoms with Crippen LogP contribution < -0.4 is 5.32 Å². The summed E-state index contributed by atoms with van der Waals surface area (Å²) >= 11 is 0. The van der Waals surface area contributed by atoms with Crippen molar-refractivity contribution in [3.63, 3.8) is 0 Å². The quantitative estimate of drug-likeness (QED) is 0.530. The first-order valence-corrected chi connectivity index (χ1v) is 10.6. The first-order valence-electron chi connectivity index (χ1n) is 10.6. The molecule has 1 aliphatic rings. The maximum absolute atomic E-state index is 9.90. The second-order valence-corrected chi connectivity index (χ2v) is 7.84. The minimum Gasteiger partial charge on any atom is -0.393 e. The van der Waals surface area contributed by atoms with Gasteiger partial charge in [-0.3, -0.25) is 0 Å². The Labute approximate surface area is 170 Å². The molecule has 1 aliphatic carbocycles. The molecule has 7 nitrogen and oxygen atoms in total. The van der Waals surface area contributed by atoms with Crippen LogP contribution in [-0.2, 0) is 6.61 Å². The summed E-state index contributed by atoms with van der Waals surface area (Å²) in [4.78, 5) is 9.50. The van der Waals surface area contributed by atoms with E-state index in [9.17, 15) is 10.2 Å². The number of nitrogens with zero attached hydrogens (tertiary/aromatic N) is 4. The highest BCUT2D eigenvalue weighted by Gasteiger charge is 2.26. The largest absolute Gasteiger partial charge is 0.393 e. The molecule has 2 heterocycles. The standard InChI is InChI=1S/C22H29N5O2/c1-2-3-12-23-22-24-13-19-20(16-6-4-15(14-28)5-7-16)25-21(27(19)26-22)17-8-10-18(29)11-9-17/h4-7,13,17-18,28-29H,2-3,8-12,14H2,1H3,(H,23,26). The van der Waals surface area contributed by atoms with Crippen LogP contribution >= 0.6 is 0 Å². The highest BCUT2D eigenvalue weighted by molar-refractivity contribution is 5.77. The van der Waals surface area contributed by atoms with E-state index in [1.807, 2.05) is 35.0 Å². The Balaban J connectivity index is 1.74. The molecule has 0 aliphatic heterocycles. The van der Waals surface area contributed by atoms with Crippen LogP contribution in [0.1, 0.15) is 62.8 Å². The Morgan fingerprint density at radius 2 is 1.90 bits per heavy atom. The van der Waals surface area contributed by atoms with Crippen LogP contribution in [0.4, 0.5) is 5.95 Å². The van der Waals surface area contributed by atoms with Crippen molar-refractivity contribution >= 4 is 11.5 Å². The number of aliphatic hydroxyl groups is 2. The summed E-state index contributed by atoms with van der Waals surface area (Å²) in [5.41, 5.74) is 3.59. The molecule has 4 rings (SSSR count). The number of anilines is 1. The van der Waals surface area contributed by atoms with Crippen LogP contribution in [0, 0.1) is 0 Å². The molecule has 0 amide bonds. The fraction of sp³-hybridized carbons (Fsp3) is 0.500. The van der Waals surface area contributed by atoms with Gasteiger partial charge in [-0.1, -0.05) is 37.6 Å². The summed E-state index contributed by atoms with van der Waals surface area (Å²) in [6.07, 6.45) is 7.23. The van der Waals surface area contributed by atoms with Crippen LogP contribution in [-0.4, -0.2) is 42.4 Å². The molecule has 3 aromatic rings. The topological polar surface area (TPSA) is 95.6 Å². The fourth-order valence-electron chi connectivity index (χ4n) is 3.94. The van der Waals surface area contributed by atoms with Crippen LogP contribution in [0.5, 0.6) is 0 Å². The zero-order chi connectivity index (χ0) is 20.2. The molecule has 3 N–H and O–H groups in total. The number of hydrogen-bond acceptors (Lipinski definition) is 6. The van der Waals surface area contributed by atoms with E-state index >= 15 is 0 Å². The number of benzene rings is 1. The summed E-state index contributed by atoms with van der Waals surface area (Å²) < 4.78 is 1.93. The molecular formula is C22H29N5O2. The predicted molar refractivity (Wildman–Crippen MR) is 113 cm³/mol. The van der Waals surface area contributed by atoms with E-state index in [2.05, 4.69) is 17.2 Å². The molecule has 0 radical (unpaired) electrons. The number of fused-ring (bicyclic) bond motifs is 1. The van der Waals surface area contributed by atoms with E-state index in [0.717, 1.165) is 73.2 Å². The van der Waals surface area contributed by atoms with Gasteiger partial charge < -0.3 is 15.5 Å². The van der Waals surface area contributed by atoms with Crippen LogP contribution in [0.2, 0.25) is 0 Å². The van der Waals surface area contributed by atoms with E-state index in [4.69, 9.17) is 10.1 Å². The Hall–Kier alpha value is -2.51. The number of nitrogens with one attached hydrogen (secondary N) is 1. The SMILES string of the molecule is CCCCNc1ncc2c(-c3ccc(CO)cc3)nc(C3CCC(O)CC3)n2n1. The highest BCUT2D eigenvalue weighted by atomic mass is 16.3. The van der Waals surface area contributed by atoms with E-state index in [-0.39, 0.29) is 18.6 Å². The van der Waals surface area contributed by atoms with Crippen molar-refractivity contribution in [1.29, 1.82) is 0 Å². The van der Waals surface area contributed by atoms with Crippen LogP contribution in [0.25, 0.3) is 16.8 Å². The Bertz CT molecular complexity index is 946. The van der Waals surface area contributed by atoms with Crippen LogP contribution in [0.3, 0.4) is 0 Å². The Kier molecular flexibility index (Phi) is 6.06. The summed E-state index contributed by atoms with van der Waals surface area (Å²) in [7, 11) is 0. The van der Waals surface area contributed by atoms with Gasteiger partial charge in [-0.25, -0.2) is 14.5 Å². The monoisotopic (exact) mass is 395 g/mol. The lowest BCUT2D eigenvalue weighted by molar-refractivity contribution is 0.121. The third kappa shape index (κ3) is 4.26. The maximum Gasteiger partial charge on any atom is 0.241 e. The molecule has 0 spiro atoms. The zero-order valence-corrected chi connectivity index (χ0v) is 16.9. The van der Waals surface area contributed by atoms with Gasteiger partial charge in [0.1, 0.15) is 11.3 Å². The molecular weight excluding hydrogens is 366 g/mol. The number of aliphatic hydroxyl groups excluding tert-OH is 2. The summed E-state index contributed by atoms with van der Waals surface area (Å²) in [6.45, 7) is 3.03. The average molecular weight is 396 g/mol. The van der Waals surface area contributed by atoms with Gasteiger partial charge in [0, 0.05) is 18.0 Å². The molecule has 2 aromatic heterocycles. The van der Waals surface area contributed by atoms with Crippen molar-refractivity contribution in [2.75, 3.05) is 11.9 Å².